The number of aliphatic hydroxyl groups is 1. The Morgan fingerprint density at radius 2 is 1.68 bits per heavy atom. The Morgan fingerprint density at radius 1 is 1.00 bits per heavy atom. The van der Waals surface area contributed by atoms with E-state index in [2.05, 4.69) is 29.2 Å². The van der Waals surface area contributed by atoms with Crippen LogP contribution >= 0.6 is 11.8 Å². The highest BCUT2D eigenvalue weighted by Crippen LogP contribution is 2.25. The summed E-state index contributed by atoms with van der Waals surface area (Å²) in [7, 11) is 0. The molecule has 2 aromatic carbocycles. The fraction of sp³-hybridized carbons (Fsp3) is 0.429. The third kappa shape index (κ3) is 5.84. The van der Waals surface area contributed by atoms with Gasteiger partial charge in [-0.15, -0.1) is 11.8 Å². The molecule has 1 fully saturated rings. The number of halogens is 1. The molecule has 1 aliphatic rings. The summed E-state index contributed by atoms with van der Waals surface area (Å²) < 4.78 is 13.0. The molecule has 1 heterocycles. The lowest BCUT2D eigenvalue weighted by Gasteiger charge is -2.29. The van der Waals surface area contributed by atoms with Crippen molar-refractivity contribution < 1.29 is 9.50 Å². The topological polar surface area (TPSA) is 23.5 Å². The smallest absolute Gasteiger partial charge is 0.123 e. The van der Waals surface area contributed by atoms with E-state index in [9.17, 15) is 9.50 Å². The van der Waals surface area contributed by atoms with E-state index in [0.29, 0.717) is 0 Å². The highest BCUT2D eigenvalue weighted by atomic mass is 32.2. The van der Waals surface area contributed by atoms with Crippen LogP contribution in [-0.2, 0) is 12.2 Å². The Morgan fingerprint density at radius 3 is 2.40 bits per heavy atom. The normalized spacial score (nSPS) is 16.2. The second-order valence-electron chi connectivity index (χ2n) is 6.69. The first-order valence-electron chi connectivity index (χ1n) is 9.06. The van der Waals surface area contributed by atoms with Crippen LogP contribution in [-0.4, -0.2) is 35.7 Å². The Bertz CT molecular complexity index is 653. The summed E-state index contributed by atoms with van der Waals surface area (Å²) in [5.74, 6) is 0.729. The van der Waals surface area contributed by atoms with E-state index in [1.165, 1.54) is 23.3 Å². The highest BCUT2D eigenvalue weighted by Gasteiger charge is 2.16. The van der Waals surface area contributed by atoms with Gasteiger partial charge in [0.05, 0.1) is 6.10 Å². The average molecular weight is 360 g/mol. The molecule has 1 N–H and O–H groups in total. The third-order valence-electron chi connectivity index (χ3n) is 4.80. The standard InChI is InChI=1S/C21H26FNOS/c22-19-7-9-21(10-8-19)25-16-18-5-2-1-4-17(18)6-3-13-23-14-11-20(24)12-15-23/h1-2,4-5,7-10,20,24H,3,6,11-16H2. The van der Waals surface area contributed by atoms with E-state index in [1.54, 1.807) is 11.8 Å². The van der Waals surface area contributed by atoms with E-state index in [4.69, 9.17) is 0 Å². The minimum Gasteiger partial charge on any atom is -0.393 e. The molecule has 2 nitrogen and oxygen atoms in total. The molecule has 0 radical (unpaired) electrons. The monoisotopic (exact) mass is 359 g/mol. The first-order chi connectivity index (χ1) is 12.2. The molecule has 0 aromatic heterocycles. The number of rotatable bonds is 7. The summed E-state index contributed by atoms with van der Waals surface area (Å²) in [4.78, 5) is 3.56. The Kier molecular flexibility index (Phi) is 6.91. The quantitative estimate of drug-likeness (QED) is 0.736. The fourth-order valence-corrected chi connectivity index (χ4v) is 4.20. The van der Waals surface area contributed by atoms with E-state index in [1.807, 2.05) is 12.1 Å². The van der Waals surface area contributed by atoms with E-state index in [-0.39, 0.29) is 11.9 Å². The first kappa shape index (κ1) is 18.4. The second-order valence-corrected chi connectivity index (χ2v) is 7.74. The molecule has 0 atom stereocenters. The SMILES string of the molecule is OC1CCN(CCCc2ccccc2CSc2ccc(F)cc2)CC1. The maximum absolute atomic E-state index is 13.0. The van der Waals surface area contributed by atoms with Gasteiger partial charge in [-0.3, -0.25) is 0 Å². The third-order valence-corrected chi connectivity index (χ3v) is 5.86. The number of benzene rings is 2. The average Bonchev–Trinajstić information content (AvgIpc) is 2.64. The van der Waals surface area contributed by atoms with E-state index < -0.39 is 0 Å². The van der Waals surface area contributed by atoms with Gasteiger partial charge < -0.3 is 10.0 Å². The molecule has 3 rings (SSSR count). The van der Waals surface area contributed by atoms with Gasteiger partial charge in [0.25, 0.3) is 0 Å². The Balaban J connectivity index is 1.49. The van der Waals surface area contributed by atoms with E-state index >= 15 is 0 Å². The lowest BCUT2D eigenvalue weighted by Crippen LogP contribution is -2.36. The lowest BCUT2D eigenvalue weighted by molar-refractivity contribution is 0.0821. The molecule has 4 heteroatoms. The van der Waals surface area contributed by atoms with Gasteiger partial charge in [0.15, 0.2) is 0 Å². The van der Waals surface area contributed by atoms with E-state index in [0.717, 1.165) is 56.0 Å². The molecule has 0 aliphatic carbocycles. The molecule has 0 spiro atoms. The Hall–Kier alpha value is -1.36. The minimum absolute atomic E-state index is 0.0968. The molecule has 0 bridgehead atoms. The molecule has 134 valence electrons. The molecule has 0 unspecified atom stereocenters. The van der Waals surface area contributed by atoms with Crippen molar-refractivity contribution in [3.8, 4) is 0 Å². The summed E-state index contributed by atoms with van der Waals surface area (Å²) in [5.41, 5.74) is 2.78. The summed E-state index contributed by atoms with van der Waals surface area (Å²) in [6.45, 7) is 3.14. The number of aryl methyl sites for hydroxylation is 1. The Labute approximate surface area is 154 Å². The van der Waals surface area contributed by atoms with Gasteiger partial charge in [0, 0.05) is 23.7 Å². The second kappa shape index (κ2) is 9.37. The van der Waals surface area contributed by atoms with Crippen LogP contribution in [0.3, 0.4) is 0 Å². The summed E-state index contributed by atoms with van der Waals surface area (Å²) in [6.07, 6.45) is 3.95. The molecule has 0 amide bonds. The van der Waals surface area contributed by atoms with Crippen molar-refractivity contribution in [2.24, 2.45) is 0 Å². The number of thioether (sulfide) groups is 1. The van der Waals surface area contributed by atoms with Crippen molar-refractivity contribution in [3.05, 3.63) is 65.5 Å². The number of hydrogen-bond donors (Lipinski definition) is 1. The van der Waals surface area contributed by atoms with Crippen molar-refractivity contribution in [2.45, 2.75) is 42.4 Å². The molecular weight excluding hydrogens is 333 g/mol. The lowest BCUT2D eigenvalue weighted by atomic mass is 10.0. The molecule has 1 aliphatic heterocycles. The number of hydrogen-bond acceptors (Lipinski definition) is 3. The van der Waals surface area contributed by atoms with Crippen molar-refractivity contribution in [1.29, 1.82) is 0 Å². The number of aliphatic hydroxyl groups excluding tert-OH is 1. The maximum Gasteiger partial charge on any atom is 0.123 e. The molecule has 0 saturated carbocycles. The molecular formula is C21H26FNOS. The highest BCUT2D eigenvalue weighted by molar-refractivity contribution is 7.98. The zero-order valence-corrected chi connectivity index (χ0v) is 15.4. The minimum atomic E-state index is -0.185. The van der Waals surface area contributed by atoms with Crippen LogP contribution in [0.5, 0.6) is 0 Å². The predicted molar refractivity (Wildman–Crippen MR) is 102 cm³/mol. The van der Waals surface area contributed by atoms with Crippen molar-refractivity contribution >= 4 is 11.8 Å². The fourth-order valence-electron chi connectivity index (χ4n) is 3.27. The maximum atomic E-state index is 13.0. The van der Waals surface area contributed by atoms with Gasteiger partial charge in [-0.1, -0.05) is 24.3 Å². The van der Waals surface area contributed by atoms with Crippen LogP contribution in [0.15, 0.2) is 53.4 Å². The first-order valence-corrected chi connectivity index (χ1v) is 10.0. The van der Waals surface area contributed by atoms with Crippen molar-refractivity contribution in [3.63, 3.8) is 0 Å². The van der Waals surface area contributed by atoms with Gasteiger partial charge in [-0.05, 0) is 67.6 Å². The van der Waals surface area contributed by atoms with Crippen LogP contribution in [0, 0.1) is 5.82 Å². The molecule has 25 heavy (non-hydrogen) atoms. The largest absolute Gasteiger partial charge is 0.393 e. The van der Waals surface area contributed by atoms with Crippen LogP contribution in [0.4, 0.5) is 4.39 Å². The molecule has 1 saturated heterocycles. The van der Waals surface area contributed by atoms with Gasteiger partial charge in [-0.2, -0.15) is 0 Å². The van der Waals surface area contributed by atoms with Crippen molar-refractivity contribution in [1.82, 2.24) is 4.90 Å². The predicted octanol–water partition coefficient (Wildman–Crippen LogP) is 4.51. The van der Waals surface area contributed by atoms with Gasteiger partial charge in [-0.25, -0.2) is 4.39 Å². The number of piperidine rings is 1. The van der Waals surface area contributed by atoms with Gasteiger partial charge >= 0.3 is 0 Å². The van der Waals surface area contributed by atoms with Crippen LogP contribution < -0.4 is 0 Å². The van der Waals surface area contributed by atoms with Crippen molar-refractivity contribution in [2.75, 3.05) is 19.6 Å². The molecule has 2 aromatic rings. The van der Waals surface area contributed by atoms with Crippen LogP contribution in [0.1, 0.15) is 30.4 Å². The number of nitrogens with zero attached hydrogens (tertiary/aromatic N) is 1. The van der Waals surface area contributed by atoms with Gasteiger partial charge in [0.1, 0.15) is 5.82 Å². The zero-order chi connectivity index (χ0) is 17.5. The van der Waals surface area contributed by atoms with Crippen LogP contribution in [0.25, 0.3) is 0 Å². The van der Waals surface area contributed by atoms with Gasteiger partial charge in [0.2, 0.25) is 0 Å². The summed E-state index contributed by atoms with van der Waals surface area (Å²) >= 11 is 1.75. The number of likely N-dealkylation sites (tertiary alicyclic amines) is 1. The van der Waals surface area contributed by atoms with Crippen LogP contribution in [0.2, 0.25) is 0 Å². The summed E-state index contributed by atoms with van der Waals surface area (Å²) in [5, 5.41) is 9.59. The summed E-state index contributed by atoms with van der Waals surface area (Å²) in [6, 6.07) is 15.3. The zero-order valence-electron chi connectivity index (χ0n) is 14.5.